The van der Waals surface area contributed by atoms with Gasteiger partial charge in [-0.15, -0.1) is 0 Å². The number of Topliss-reactive ketones (excluding diaryl/α,β-unsaturated/α-hetero) is 2. The Morgan fingerprint density at radius 2 is 1.58 bits per heavy atom. The Labute approximate surface area is 215 Å². The second-order valence-corrected chi connectivity index (χ2v) is 14.9. The van der Waals surface area contributed by atoms with E-state index in [1.165, 1.54) is 0 Å². The maximum atomic E-state index is 15.0. The fraction of sp³-hybridized carbons (Fsp3) is 0.900. The van der Waals surface area contributed by atoms with E-state index in [0.717, 1.165) is 12.8 Å². The summed E-state index contributed by atoms with van der Waals surface area (Å²) >= 11 is 0. The third kappa shape index (κ3) is 2.42. The van der Waals surface area contributed by atoms with E-state index in [0.29, 0.717) is 44.9 Å². The molecule has 0 aromatic heterocycles. The van der Waals surface area contributed by atoms with Crippen LogP contribution in [0.1, 0.15) is 106 Å². The summed E-state index contributed by atoms with van der Waals surface area (Å²) < 4.78 is 12.8. The first kappa shape index (κ1) is 25.0. The van der Waals surface area contributed by atoms with Crippen LogP contribution in [0.5, 0.6) is 0 Å². The number of carbonyl (C=O) groups is 3. The molecule has 6 heteroatoms. The van der Waals surface area contributed by atoms with Crippen molar-refractivity contribution in [1.82, 2.24) is 0 Å². The highest BCUT2D eigenvalue weighted by Gasteiger charge is 2.81. The Morgan fingerprint density at radius 3 is 2.22 bits per heavy atom. The van der Waals surface area contributed by atoms with Crippen LogP contribution in [0.4, 0.5) is 0 Å². The molecule has 10 atom stereocenters. The lowest BCUT2D eigenvalue weighted by Gasteiger charge is -2.62. The summed E-state index contributed by atoms with van der Waals surface area (Å²) in [7, 11) is 0. The Kier molecular flexibility index (Phi) is 4.75. The summed E-state index contributed by atoms with van der Waals surface area (Å²) in [5.74, 6) is -0.632. The number of rotatable bonds is 0. The predicted octanol–water partition coefficient (Wildman–Crippen LogP) is 4.99. The maximum absolute atomic E-state index is 15.0. The van der Waals surface area contributed by atoms with E-state index in [1.807, 2.05) is 20.8 Å². The molecule has 36 heavy (non-hydrogen) atoms. The van der Waals surface area contributed by atoms with Gasteiger partial charge in [-0.3, -0.25) is 14.4 Å². The molecular formula is C30H44O6. The molecule has 4 saturated carbocycles. The Balaban J connectivity index is 1.41. The highest BCUT2D eigenvalue weighted by molar-refractivity contribution is 5.95. The van der Waals surface area contributed by atoms with E-state index < -0.39 is 44.6 Å². The first-order valence-corrected chi connectivity index (χ1v) is 14.2. The van der Waals surface area contributed by atoms with Gasteiger partial charge in [0.15, 0.2) is 0 Å². The van der Waals surface area contributed by atoms with Crippen LogP contribution in [-0.4, -0.2) is 40.1 Å². The van der Waals surface area contributed by atoms with Crippen molar-refractivity contribution in [2.24, 2.45) is 44.8 Å². The Hall–Kier alpha value is -1.27. The molecule has 6 aliphatic rings. The average Bonchev–Trinajstić information content (AvgIpc) is 3.40. The van der Waals surface area contributed by atoms with Crippen LogP contribution in [0.15, 0.2) is 0 Å². The normalized spacial score (nSPS) is 57.6. The van der Waals surface area contributed by atoms with E-state index in [2.05, 4.69) is 27.7 Å². The number of ether oxygens (including phenoxy) is 2. The van der Waals surface area contributed by atoms with E-state index in [9.17, 15) is 19.5 Å². The lowest BCUT2D eigenvalue weighted by Crippen LogP contribution is -2.66. The van der Waals surface area contributed by atoms with Crippen molar-refractivity contribution in [3.63, 3.8) is 0 Å². The molecule has 0 aromatic carbocycles. The molecule has 0 aromatic rings. The zero-order valence-corrected chi connectivity index (χ0v) is 23.2. The largest absolute Gasteiger partial charge is 0.433 e. The van der Waals surface area contributed by atoms with Gasteiger partial charge >= 0.3 is 5.97 Å². The summed E-state index contributed by atoms with van der Waals surface area (Å²) in [5, 5.41) is 11.7. The number of hydrogen-bond donors (Lipinski definition) is 1. The summed E-state index contributed by atoms with van der Waals surface area (Å²) in [5.41, 5.74) is -3.37. The van der Waals surface area contributed by atoms with E-state index >= 15 is 0 Å². The zero-order chi connectivity index (χ0) is 26.3. The van der Waals surface area contributed by atoms with Crippen molar-refractivity contribution in [1.29, 1.82) is 0 Å². The first-order chi connectivity index (χ1) is 16.6. The van der Waals surface area contributed by atoms with Crippen LogP contribution in [0.3, 0.4) is 0 Å². The molecule has 2 heterocycles. The third-order valence-corrected chi connectivity index (χ3v) is 13.4. The number of aliphatic hydroxyl groups excluding tert-OH is 1. The fourth-order valence-electron chi connectivity index (χ4n) is 11.1. The zero-order valence-electron chi connectivity index (χ0n) is 23.2. The molecule has 2 aliphatic heterocycles. The van der Waals surface area contributed by atoms with Gasteiger partial charge in [0.1, 0.15) is 11.6 Å². The van der Waals surface area contributed by atoms with Crippen LogP contribution in [0.25, 0.3) is 0 Å². The second-order valence-electron chi connectivity index (χ2n) is 14.9. The molecule has 200 valence electrons. The summed E-state index contributed by atoms with van der Waals surface area (Å²) in [4.78, 5) is 40.3. The molecule has 2 saturated heterocycles. The number of ketones is 2. The van der Waals surface area contributed by atoms with Gasteiger partial charge in [0.05, 0.1) is 23.0 Å². The van der Waals surface area contributed by atoms with Gasteiger partial charge in [-0.1, -0.05) is 48.5 Å². The first-order valence-electron chi connectivity index (χ1n) is 14.2. The number of fused-ring (bicyclic) bond motifs is 4. The molecule has 4 aliphatic carbocycles. The van der Waals surface area contributed by atoms with Crippen LogP contribution in [0.2, 0.25) is 0 Å². The number of aliphatic hydroxyl groups is 1. The lowest BCUT2D eigenvalue weighted by molar-refractivity contribution is -0.261. The lowest BCUT2D eigenvalue weighted by atomic mass is 9.41. The molecule has 0 radical (unpaired) electrons. The van der Waals surface area contributed by atoms with Crippen molar-refractivity contribution in [3.8, 4) is 0 Å². The summed E-state index contributed by atoms with van der Waals surface area (Å²) in [6.45, 7) is 14.7. The minimum atomic E-state index is -0.875. The fourth-order valence-corrected chi connectivity index (χ4v) is 11.1. The van der Waals surface area contributed by atoms with Crippen LogP contribution >= 0.6 is 0 Å². The van der Waals surface area contributed by atoms with Crippen molar-refractivity contribution in [2.75, 3.05) is 0 Å². The van der Waals surface area contributed by atoms with Crippen molar-refractivity contribution >= 4 is 17.5 Å². The van der Waals surface area contributed by atoms with Gasteiger partial charge < -0.3 is 14.6 Å². The van der Waals surface area contributed by atoms with E-state index in [4.69, 9.17) is 9.47 Å². The Morgan fingerprint density at radius 1 is 0.889 bits per heavy atom. The minimum absolute atomic E-state index is 0.00201. The molecule has 6 fully saturated rings. The summed E-state index contributed by atoms with van der Waals surface area (Å²) in [6.07, 6.45) is 5.06. The molecule has 1 N–H and O–H groups in total. The second kappa shape index (κ2) is 6.83. The number of esters is 1. The van der Waals surface area contributed by atoms with Crippen LogP contribution in [0, 0.1) is 44.8 Å². The molecule has 3 spiro atoms. The van der Waals surface area contributed by atoms with Crippen molar-refractivity contribution < 1.29 is 29.0 Å². The molecule has 0 unspecified atom stereocenters. The highest BCUT2D eigenvalue weighted by atomic mass is 16.7. The monoisotopic (exact) mass is 500 g/mol. The minimum Gasteiger partial charge on any atom is -0.433 e. The van der Waals surface area contributed by atoms with Gasteiger partial charge in [-0.25, -0.2) is 0 Å². The average molecular weight is 501 g/mol. The van der Waals surface area contributed by atoms with Crippen molar-refractivity contribution in [3.05, 3.63) is 0 Å². The van der Waals surface area contributed by atoms with E-state index in [1.54, 1.807) is 0 Å². The van der Waals surface area contributed by atoms with Gasteiger partial charge in [0.25, 0.3) is 0 Å². The molecule has 0 amide bonds. The standard InChI is InChI=1S/C30H44O6/c1-17-15-28(35-22(17)33)16-18(2)30(36-28)13-10-26(6)23(34)29(12-11-27(26,30)7)21(32)14-19-24(3,4)20(31)8-9-25(19,29)5/h17-19,21,32H,8-16H2,1-7H3/t17-,18-,19+,21+,25+,26+,27+,28-,29-,30-/m1/s1. The third-order valence-electron chi connectivity index (χ3n) is 13.4. The van der Waals surface area contributed by atoms with Crippen molar-refractivity contribution in [2.45, 2.75) is 124 Å². The van der Waals surface area contributed by atoms with Gasteiger partial charge in [0.2, 0.25) is 5.79 Å². The number of hydrogen-bond acceptors (Lipinski definition) is 6. The molecule has 6 rings (SSSR count). The quantitative estimate of drug-likeness (QED) is 0.471. The van der Waals surface area contributed by atoms with Gasteiger partial charge in [-0.05, 0) is 55.8 Å². The Bertz CT molecular complexity index is 1070. The SMILES string of the molecule is C[C@@H]1C[C@@]2(C[C@@H](C)[C@@]3(CC[C@@]4(C)C(=O)[C@@]5(CC[C@@]43C)[C@@H](O)C[C@H]3C(C)(C)C(=O)CC[C@@]35C)O2)OC1=O. The van der Waals surface area contributed by atoms with Gasteiger partial charge in [0, 0.05) is 35.5 Å². The molecular weight excluding hydrogens is 456 g/mol. The predicted molar refractivity (Wildman–Crippen MR) is 133 cm³/mol. The van der Waals surface area contributed by atoms with E-state index in [-0.39, 0.29) is 35.3 Å². The van der Waals surface area contributed by atoms with Crippen LogP contribution in [-0.2, 0) is 23.9 Å². The number of carbonyl (C=O) groups excluding carboxylic acids is 3. The van der Waals surface area contributed by atoms with Crippen LogP contribution < -0.4 is 0 Å². The molecule has 0 bridgehead atoms. The smallest absolute Gasteiger partial charge is 0.311 e. The molecule has 6 nitrogen and oxygen atoms in total. The van der Waals surface area contributed by atoms with Gasteiger partial charge in [-0.2, -0.15) is 0 Å². The highest BCUT2D eigenvalue weighted by Crippen LogP contribution is 2.78. The maximum Gasteiger partial charge on any atom is 0.311 e. The summed E-state index contributed by atoms with van der Waals surface area (Å²) in [6, 6.07) is 0. The topological polar surface area (TPSA) is 89.9 Å².